The van der Waals surface area contributed by atoms with Crippen molar-refractivity contribution in [1.29, 1.82) is 0 Å². The van der Waals surface area contributed by atoms with Gasteiger partial charge in [0.1, 0.15) is 12.0 Å². The summed E-state index contributed by atoms with van der Waals surface area (Å²) in [6.07, 6.45) is 5.89. The zero-order chi connectivity index (χ0) is 40.7. The number of benzene rings is 8. The Labute approximate surface area is 352 Å². The maximum Gasteiger partial charge on any atom is 0.143 e. The van der Waals surface area contributed by atoms with Crippen molar-refractivity contribution in [2.75, 3.05) is 16.9 Å². The van der Waals surface area contributed by atoms with Crippen molar-refractivity contribution in [2.24, 2.45) is 5.92 Å². The number of hydrogen-bond donors (Lipinski definition) is 0. The van der Waals surface area contributed by atoms with Crippen molar-refractivity contribution in [3.63, 3.8) is 0 Å². The van der Waals surface area contributed by atoms with Crippen LogP contribution in [0.3, 0.4) is 0 Å². The van der Waals surface area contributed by atoms with Gasteiger partial charge in [-0.25, -0.2) is 0 Å². The Morgan fingerprint density at radius 3 is 1.43 bits per heavy atom. The molecule has 0 saturated heterocycles. The number of anilines is 5. The highest BCUT2D eigenvalue weighted by atomic mass is 16.5. The van der Waals surface area contributed by atoms with E-state index in [0.717, 1.165) is 85.1 Å². The van der Waals surface area contributed by atoms with Crippen LogP contribution in [-0.2, 0) is 4.79 Å². The molecular formula is C56H44N2O2. The zero-order valence-electron chi connectivity index (χ0n) is 33.4. The van der Waals surface area contributed by atoms with Crippen LogP contribution in [0.4, 0.5) is 28.4 Å². The lowest BCUT2D eigenvalue weighted by atomic mass is 9.87. The van der Waals surface area contributed by atoms with Gasteiger partial charge in [0.25, 0.3) is 0 Å². The van der Waals surface area contributed by atoms with Crippen LogP contribution in [0.1, 0.15) is 12.0 Å². The Morgan fingerprint density at radius 1 is 0.433 bits per heavy atom. The first-order valence-electron chi connectivity index (χ1n) is 20.3. The largest absolute Gasteiger partial charge is 0.495 e. The third-order valence-electron chi connectivity index (χ3n) is 11.2. The van der Waals surface area contributed by atoms with Crippen LogP contribution in [0.25, 0.3) is 39.0 Å². The molecule has 0 radical (unpaired) electrons. The summed E-state index contributed by atoms with van der Waals surface area (Å²) in [6.45, 7) is 0. The minimum Gasteiger partial charge on any atom is -0.495 e. The minimum atomic E-state index is -0.378. The van der Waals surface area contributed by atoms with Crippen LogP contribution >= 0.6 is 0 Å². The first kappa shape index (κ1) is 37.9. The van der Waals surface area contributed by atoms with E-state index in [1.54, 1.807) is 7.11 Å². The summed E-state index contributed by atoms with van der Waals surface area (Å²) in [5.74, 6) is 0.350. The van der Waals surface area contributed by atoms with Gasteiger partial charge in [0.2, 0.25) is 0 Å². The smallest absolute Gasteiger partial charge is 0.143 e. The maximum atomic E-state index is 13.1. The van der Waals surface area contributed by atoms with E-state index < -0.39 is 0 Å². The van der Waals surface area contributed by atoms with Crippen molar-refractivity contribution >= 4 is 40.3 Å². The molecule has 1 aliphatic rings. The highest BCUT2D eigenvalue weighted by molar-refractivity contribution is 5.87. The summed E-state index contributed by atoms with van der Waals surface area (Å²) >= 11 is 0. The average Bonchev–Trinajstić information content (AvgIpc) is 3.33. The third kappa shape index (κ3) is 7.92. The first-order chi connectivity index (χ1) is 29.7. The molecule has 0 amide bonds. The molecule has 0 N–H and O–H groups in total. The second kappa shape index (κ2) is 17.4. The molecule has 0 saturated carbocycles. The maximum absolute atomic E-state index is 13.1. The minimum absolute atomic E-state index is 0.378. The van der Waals surface area contributed by atoms with E-state index in [4.69, 9.17) is 4.74 Å². The summed E-state index contributed by atoms with van der Waals surface area (Å²) < 4.78 is 6.22. The summed E-state index contributed by atoms with van der Waals surface area (Å²) in [5, 5.41) is 0. The average molecular weight is 777 g/mol. The van der Waals surface area contributed by atoms with Crippen LogP contribution in [0, 0.1) is 5.92 Å². The van der Waals surface area contributed by atoms with Crippen molar-refractivity contribution in [3.05, 3.63) is 236 Å². The molecule has 0 spiro atoms. The number of methoxy groups -OCH3 is 1. The molecule has 1 atom stereocenters. The standard InChI is InChI=1S/C56H44N2O2/c1-60-56-39-48(47-30-34-54(49(36-47)40-59)57(50-24-12-5-13-25-50)52-26-14-22-45(37-52)42-18-8-3-9-19-42)31-35-55(56)58(51-32-28-44(29-33-51)41-16-6-2-7-17-41)53-27-15-23-46(38-53)43-20-10-4-11-21-43/h2-35,37-40,49H,36H2,1H3. The number of allylic oxidation sites excluding steroid dienone is 4. The predicted molar refractivity (Wildman–Crippen MR) is 249 cm³/mol. The van der Waals surface area contributed by atoms with Gasteiger partial charge in [0.15, 0.2) is 0 Å². The first-order valence-corrected chi connectivity index (χ1v) is 20.3. The van der Waals surface area contributed by atoms with Crippen LogP contribution in [0.15, 0.2) is 230 Å². The van der Waals surface area contributed by atoms with Gasteiger partial charge in [-0.1, -0.05) is 158 Å². The summed E-state index contributed by atoms with van der Waals surface area (Å²) in [5.41, 5.74) is 14.8. The van der Waals surface area contributed by atoms with E-state index in [2.05, 4.69) is 198 Å². The Balaban J connectivity index is 1.10. The fourth-order valence-electron chi connectivity index (χ4n) is 8.15. The van der Waals surface area contributed by atoms with Gasteiger partial charge in [-0.15, -0.1) is 0 Å². The third-order valence-corrected chi connectivity index (χ3v) is 11.2. The number of ether oxygens (including phenoxy) is 1. The van der Waals surface area contributed by atoms with E-state index in [1.807, 2.05) is 36.4 Å². The second-order valence-electron chi connectivity index (χ2n) is 14.9. The summed E-state index contributed by atoms with van der Waals surface area (Å²) in [6, 6.07) is 73.8. The van der Waals surface area contributed by atoms with Gasteiger partial charge < -0.3 is 19.3 Å². The molecule has 0 aromatic heterocycles. The number of carbonyl (C=O) groups excluding carboxylic acids is 1. The zero-order valence-corrected chi connectivity index (χ0v) is 33.4. The Hall–Kier alpha value is -7.69. The normalized spacial score (nSPS) is 13.4. The fourth-order valence-corrected chi connectivity index (χ4v) is 8.15. The number of aldehydes is 1. The molecular weight excluding hydrogens is 733 g/mol. The van der Waals surface area contributed by atoms with Crippen molar-refractivity contribution < 1.29 is 9.53 Å². The Morgan fingerprint density at radius 2 is 0.883 bits per heavy atom. The van der Waals surface area contributed by atoms with Crippen LogP contribution in [-0.4, -0.2) is 13.4 Å². The van der Waals surface area contributed by atoms with Gasteiger partial charge in [0.05, 0.1) is 18.7 Å². The molecule has 0 heterocycles. The Bertz CT molecular complexity index is 2780. The molecule has 60 heavy (non-hydrogen) atoms. The van der Waals surface area contributed by atoms with Crippen LogP contribution in [0.5, 0.6) is 5.75 Å². The summed E-state index contributed by atoms with van der Waals surface area (Å²) in [7, 11) is 1.72. The number of hydrogen-bond acceptors (Lipinski definition) is 4. The Kier molecular flexibility index (Phi) is 11.0. The van der Waals surface area contributed by atoms with E-state index >= 15 is 0 Å². The van der Waals surface area contributed by atoms with Crippen LogP contribution < -0.4 is 14.5 Å². The molecule has 0 bridgehead atoms. The van der Waals surface area contributed by atoms with Gasteiger partial charge in [-0.2, -0.15) is 0 Å². The molecule has 0 fully saturated rings. The van der Waals surface area contributed by atoms with Crippen molar-refractivity contribution in [1.82, 2.24) is 0 Å². The van der Waals surface area contributed by atoms with Gasteiger partial charge in [-0.3, -0.25) is 0 Å². The topological polar surface area (TPSA) is 32.8 Å². The quantitative estimate of drug-likeness (QED) is 0.116. The number of rotatable bonds is 12. The lowest BCUT2D eigenvalue weighted by Gasteiger charge is -2.33. The van der Waals surface area contributed by atoms with Gasteiger partial charge >= 0.3 is 0 Å². The summed E-state index contributed by atoms with van der Waals surface area (Å²) in [4.78, 5) is 17.6. The number of carbonyl (C=O) groups is 1. The SMILES string of the molecule is COc1cc(C2=CC=C(N(c3ccccc3)c3cccc(-c4ccccc4)c3)C(C=O)C2)ccc1N(c1ccc(-c2ccccc2)cc1)c1cccc(-c2ccccc2)c1. The highest BCUT2D eigenvalue weighted by Crippen LogP contribution is 2.45. The number of para-hydroxylation sites is 1. The second-order valence-corrected chi connectivity index (χ2v) is 14.9. The predicted octanol–water partition coefficient (Wildman–Crippen LogP) is 14.5. The fraction of sp³-hybridized carbons (Fsp3) is 0.0536. The lowest BCUT2D eigenvalue weighted by Crippen LogP contribution is -2.25. The molecule has 8 aromatic rings. The molecule has 9 rings (SSSR count). The van der Waals surface area contributed by atoms with E-state index in [0.29, 0.717) is 6.42 Å². The van der Waals surface area contributed by atoms with Gasteiger partial charge in [0, 0.05) is 28.4 Å². The van der Waals surface area contributed by atoms with E-state index in [1.165, 1.54) is 5.56 Å². The molecule has 4 nitrogen and oxygen atoms in total. The number of nitrogens with zero attached hydrogens (tertiary/aromatic N) is 2. The molecule has 4 heteroatoms. The lowest BCUT2D eigenvalue weighted by molar-refractivity contribution is -0.110. The highest BCUT2D eigenvalue weighted by Gasteiger charge is 2.28. The molecule has 0 aliphatic heterocycles. The molecule has 290 valence electrons. The van der Waals surface area contributed by atoms with Crippen molar-refractivity contribution in [2.45, 2.75) is 6.42 Å². The van der Waals surface area contributed by atoms with Gasteiger partial charge in [-0.05, 0) is 118 Å². The van der Waals surface area contributed by atoms with E-state index in [9.17, 15) is 4.79 Å². The van der Waals surface area contributed by atoms with Crippen LogP contribution in [0.2, 0.25) is 0 Å². The van der Waals surface area contributed by atoms with Crippen molar-refractivity contribution in [3.8, 4) is 39.1 Å². The molecule has 1 aliphatic carbocycles. The monoisotopic (exact) mass is 776 g/mol. The molecule has 8 aromatic carbocycles. The van der Waals surface area contributed by atoms with E-state index in [-0.39, 0.29) is 5.92 Å². The molecule has 1 unspecified atom stereocenters.